The fraction of sp³-hybridized carbons (Fsp3) is 0.933. The molecular formula is C15H28N2O. The quantitative estimate of drug-likeness (QED) is 0.837. The van der Waals surface area contributed by atoms with Crippen molar-refractivity contribution in [2.75, 3.05) is 0 Å². The van der Waals surface area contributed by atoms with Crippen LogP contribution in [-0.2, 0) is 4.79 Å². The van der Waals surface area contributed by atoms with Gasteiger partial charge in [0, 0.05) is 6.04 Å². The lowest BCUT2D eigenvalue weighted by molar-refractivity contribution is -0.133. The van der Waals surface area contributed by atoms with E-state index in [1.165, 1.54) is 25.7 Å². The van der Waals surface area contributed by atoms with Crippen molar-refractivity contribution in [2.24, 2.45) is 5.41 Å². The minimum Gasteiger partial charge on any atom is -0.323 e. The summed E-state index contributed by atoms with van der Waals surface area (Å²) in [4.78, 5) is 14.6. The molecule has 2 unspecified atom stereocenters. The summed E-state index contributed by atoms with van der Waals surface area (Å²) in [7, 11) is 0. The highest BCUT2D eigenvalue weighted by molar-refractivity contribution is 5.84. The van der Waals surface area contributed by atoms with Crippen LogP contribution in [0.1, 0.15) is 66.2 Å². The van der Waals surface area contributed by atoms with Crippen LogP contribution in [-0.4, -0.2) is 29.1 Å². The molecule has 1 amide bonds. The summed E-state index contributed by atoms with van der Waals surface area (Å²) in [5.74, 6) is 0.342. The highest BCUT2D eigenvalue weighted by Crippen LogP contribution is 2.38. The van der Waals surface area contributed by atoms with Gasteiger partial charge >= 0.3 is 0 Å². The zero-order valence-electron chi connectivity index (χ0n) is 12.3. The van der Waals surface area contributed by atoms with Crippen molar-refractivity contribution < 1.29 is 4.79 Å². The molecule has 104 valence electrons. The molecule has 1 saturated heterocycles. The van der Waals surface area contributed by atoms with E-state index >= 15 is 0 Å². The number of nitrogens with zero attached hydrogens (tertiary/aromatic N) is 1. The number of hydrogen-bond acceptors (Lipinski definition) is 2. The Balaban J connectivity index is 2.05. The van der Waals surface area contributed by atoms with E-state index in [-0.39, 0.29) is 12.2 Å². The first-order chi connectivity index (χ1) is 8.48. The Morgan fingerprint density at radius 1 is 1.22 bits per heavy atom. The molecule has 0 aromatic rings. The van der Waals surface area contributed by atoms with Crippen LogP contribution in [0.15, 0.2) is 0 Å². The fourth-order valence-electron chi connectivity index (χ4n) is 3.42. The molecule has 1 N–H and O–H groups in total. The summed E-state index contributed by atoms with van der Waals surface area (Å²) in [6.45, 7) is 8.96. The van der Waals surface area contributed by atoms with Crippen molar-refractivity contribution in [3.05, 3.63) is 0 Å². The molecule has 2 aliphatic rings. The monoisotopic (exact) mass is 252 g/mol. The largest absolute Gasteiger partial charge is 0.323 e. The molecule has 2 atom stereocenters. The molecule has 3 heteroatoms. The van der Waals surface area contributed by atoms with Gasteiger partial charge in [-0.25, -0.2) is 0 Å². The summed E-state index contributed by atoms with van der Waals surface area (Å²) in [5, 5.41) is 3.48. The zero-order chi connectivity index (χ0) is 13.3. The Morgan fingerprint density at radius 2 is 1.83 bits per heavy atom. The molecule has 0 bridgehead atoms. The first-order valence-corrected chi connectivity index (χ1v) is 7.56. The number of carbonyl (C=O) groups is 1. The van der Waals surface area contributed by atoms with Gasteiger partial charge in [-0.05, 0) is 43.9 Å². The first-order valence-electron chi connectivity index (χ1n) is 7.56. The number of carbonyl (C=O) groups excluding carboxylic acids is 1. The molecule has 0 aromatic heterocycles. The SMILES string of the molecule is CCC1NC(CC)N(C2CCC(C)(C)CC2)C1=O. The molecule has 0 spiro atoms. The predicted octanol–water partition coefficient (Wildman–Crippen LogP) is 2.90. The lowest BCUT2D eigenvalue weighted by Crippen LogP contribution is -2.46. The standard InChI is InChI=1S/C15H28N2O/c1-5-12-14(18)17(13(6-2)16-12)11-7-9-15(3,4)10-8-11/h11-13,16H,5-10H2,1-4H3. The Kier molecular flexibility index (Phi) is 4.00. The van der Waals surface area contributed by atoms with E-state index in [1.807, 2.05) is 0 Å². The van der Waals surface area contributed by atoms with Crippen LogP contribution in [0, 0.1) is 5.41 Å². The molecule has 2 rings (SSSR count). The van der Waals surface area contributed by atoms with Gasteiger partial charge in [-0.3, -0.25) is 10.1 Å². The van der Waals surface area contributed by atoms with Gasteiger partial charge in [0.05, 0.1) is 12.2 Å². The van der Waals surface area contributed by atoms with Crippen LogP contribution < -0.4 is 5.32 Å². The Morgan fingerprint density at radius 3 is 2.33 bits per heavy atom. The maximum absolute atomic E-state index is 12.4. The first kappa shape index (κ1) is 13.9. The molecule has 1 heterocycles. The summed E-state index contributed by atoms with van der Waals surface area (Å²) in [6, 6.07) is 0.532. The van der Waals surface area contributed by atoms with Crippen LogP contribution in [0.2, 0.25) is 0 Å². The molecule has 3 nitrogen and oxygen atoms in total. The Bertz CT molecular complexity index is 304. The number of hydrogen-bond donors (Lipinski definition) is 1. The maximum Gasteiger partial charge on any atom is 0.241 e. The van der Waals surface area contributed by atoms with Gasteiger partial charge in [-0.2, -0.15) is 0 Å². The second kappa shape index (κ2) is 5.20. The van der Waals surface area contributed by atoms with Gasteiger partial charge in [0.1, 0.15) is 0 Å². The normalized spacial score (nSPS) is 33.1. The van der Waals surface area contributed by atoms with Crippen molar-refractivity contribution in [1.82, 2.24) is 10.2 Å². The summed E-state index contributed by atoms with van der Waals surface area (Å²) in [6.07, 6.45) is 7.03. The van der Waals surface area contributed by atoms with E-state index < -0.39 is 0 Å². The summed E-state index contributed by atoms with van der Waals surface area (Å²) in [5.41, 5.74) is 0.471. The van der Waals surface area contributed by atoms with Gasteiger partial charge in [-0.1, -0.05) is 27.7 Å². The highest BCUT2D eigenvalue weighted by Gasteiger charge is 2.42. The number of amides is 1. The molecule has 1 saturated carbocycles. The van der Waals surface area contributed by atoms with Crippen LogP contribution in [0.3, 0.4) is 0 Å². The van der Waals surface area contributed by atoms with Crippen molar-refractivity contribution >= 4 is 5.91 Å². The molecule has 0 aromatic carbocycles. The predicted molar refractivity (Wildman–Crippen MR) is 74.2 cm³/mol. The van der Waals surface area contributed by atoms with E-state index in [0.717, 1.165) is 12.8 Å². The third-order valence-electron chi connectivity index (χ3n) is 4.78. The average molecular weight is 252 g/mol. The molecule has 1 aliphatic heterocycles. The summed E-state index contributed by atoms with van der Waals surface area (Å²) < 4.78 is 0. The van der Waals surface area contributed by atoms with Gasteiger partial charge in [0.15, 0.2) is 0 Å². The van der Waals surface area contributed by atoms with E-state index in [4.69, 9.17) is 0 Å². The fourth-order valence-corrected chi connectivity index (χ4v) is 3.42. The molecule has 1 aliphatic carbocycles. The van der Waals surface area contributed by atoms with Crippen LogP contribution in [0.25, 0.3) is 0 Å². The lowest BCUT2D eigenvalue weighted by Gasteiger charge is -2.40. The number of rotatable bonds is 3. The third-order valence-corrected chi connectivity index (χ3v) is 4.78. The molecule has 18 heavy (non-hydrogen) atoms. The van der Waals surface area contributed by atoms with Gasteiger partial charge < -0.3 is 4.90 Å². The van der Waals surface area contributed by atoms with E-state index in [1.54, 1.807) is 0 Å². The maximum atomic E-state index is 12.4. The average Bonchev–Trinajstić information content (AvgIpc) is 2.66. The Hall–Kier alpha value is -0.570. The molecule has 2 fully saturated rings. The molecule has 0 radical (unpaired) electrons. The van der Waals surface area contributed by atoms with Gasteiger partial charge in [-0.15, -0.1) is 0 Å². The second-order valence-electron chi connectivity index (χ2n) is 6.69. The lowest BCUT2D eigenvalue weighted by atomic mass is 9.75. The van der Waals surface area contributed by atoms with Gasteiger partial charge in [0.2, 0.25) is 5.91 Å². The smallest absolute Gasteiger partial charge is 0.241 e. The summed E-state index contributed by atoms with van der Waals surface area (Å²) >= 11 is 0. The third kappa shape index (κ3) is 2.56. The zero-order valence-corrected chi connectivity index (χ0v) is 12.3. The van der Waals surface area contributed by atoms with Crippen LogP contribution in [0.4, 0.5) is 0 Å². The van der Waals surface area contributed by atoms with E-state index in [0.29, 0.717) is 17.4 Å². The second-order valence-corrected chi connectivity index (χ2v) is 6.69. The van der Waals surface area contributed by atoms with Crippen LogP contribution >= 0.6 is 0 Å². The van der Waals surface area contributed by atoms with E-state index in [2.05, 4.69) is 37.9 Å². The highest BCUT2D eigenvalue weighted by atomic mass is 16.2. The van der Waals surface area contributed by atoms with Crippen molar-refractivity contribution in [2.45, 2.75) is 84.5 Å². The van der Waals surface area contributed by atoms with Crippen molar-refractivity contribution in [3.63, 3.8) is 0 Å². The minimum absolute atomic E-state index is 0.0601. The van der Waals surface area contributed by atoms with Gasteiger partial charge in [0.25, 0.3) is 0 Å². The molecular weight excluding hydrogens is 224 g/mol. The minimum atomic E-state index is 0.0601. The number of nitrogens with one attached hydrogen (secondary N) is 1. The topological polar surface area (TPSA) is 32.3 Å². The Labute approximate surface area is 111 Å². The van der Waals surface area contributed by atoms with Crippen LogP contribution in [0.5, 0.6) is 0 Å². The van der Waals surface area contributed by atoms with Crippen molar-refractivity contribution in [1.29, 1.82) is 0 Å². The van der Waals surface area contributed by atoms with E-state index in [9.17, 15) is 4.79 Å². The van der Waals surface area contributed by atoms with Crippen molar-refractivity contribution in [3.8, 4) is 0 Å².